The lowest BCUT2D eigenvalue weighted by molar-refractivity contribution is -0.134. The van der Waals surface area contributed by atoms with Gasteiger partial charge in [-0.15, -0.1) is 0 Å². The van der Waals surface area contributed by atoms with E-state index in [9.17, 15) is 9.59 Å². The van der Waals surface area contributed by atoms with E-state index in [1.54, 1.807) is 36.2 Å². The second kappa shape index (κ2) is 7.44. The molecule has 0 saturated carbocycles. The van der Waals surface area contributed by atoms with Gasteiger partial charge in [-0.2, -0.15) is 0 Å². The zero-order valence-electron chi connectivity index (χ0n) is 15.1. The Hall–Kier alpha value is -3.08. The summed E-state index contributed by atoms with van der Waals surface area (Å²) < 4.78 is 11.4. The van der Waals surface area contributed by atoms with Gasteiger partial charge in [0, 0.05) is 18.0 Å². The van der Waals surface area contributed by atoms with Crippen LogP contribution in [0, 0.1) is 0 Å². The lowest BCUT2D eigenvalue weighted by Crippen LogP contribution is -2.33. The Morgan fingerprint density at radius 3 is 2.62 bits per heavy atom. The van der Waals surface area contributed by atoms with Crippen LogP contribution in [0.5, 0.6) is 5.75 Å². The van der Waals surface area contributed by atoms with Crippen molar-refractivity contribution in [3.8, 4) is 5.75 Å². The molecule has 5 heteroatoms. The lowest BCUT2D eigenvalue weighted by Gasteiger charge is -2.23. The van der Waals surface area contributed by atoms with Crippen molar-refractivity contribution in [3.63, 3.8) is 0 Å². The molecule has 1 heterocycles. The predicted octanol–water partition coefficient (Wildman–Crippen LogP) is 4.23. The van der Waals surface area contributed by atoms with Crippen molar-refractivity contribution < 1.29 is 18.7 Å². The van der Waals surface area contributed by atoms with Crippen LogP contribution in [0.15, 0.2) is 59.0 Å². The van der Waals surface area contributed by atoms with E-state index >= 15 is 0 Å². The Kier molecular flexibility index (Phi) is 5.07. The van der Waals surface area contributed by atoms with Gasteiger partial charge in [0.25, 0.3) is 5.91 Å². The minimum atomic E-state index is -0.220. The molecule has 134 valence electrons. The average Bonchev–Trinajstić information content (AvgIpc) is 3.09. The first-order valence-electron chi connectivity index (χ1n) is 8.43. The first-order chi connectivity index (χ1) is 12.5. The smallest absolute Gasteiger partial charge is 0.260 e. The van der Waals surface area contributed by atoms with Gasteiger partial charge in [-0.05, 0) is 38.1 Å². The monoisotopic (exact) mass is 351 g/mol. The number of carbonyl (C=O) groups is 2. The van der Waals surface area contributed by atoms with Crippen molar-refractivity contribution in [2.45, 2.75) is 19.9 Å². The molecule has 1 unspecified atom stereocenters. The van der Waals surface area contributed by atoms with Gasteiger partial charge < -0.3 is 14.1 Å². The Morgan fingerprint density at radius 2 is 1.88 bits per heavy atom. The number of likely N-dealkylation sites (N-methyl/N-ethyl adjacent to an activating group) is 1. The maximum Gasteiger partial charge on any atom is 0.260 e. The SMILES string of the molecule is CC(=O)c1cccc(OCC(=O)N(C)C(C)c2cc3ccccc3o2)c1. The molecule has 3 rings (SSSR count). The highest BCUT2D eigenvalue weighted by Gasteiger charge is 2.21. The van der Waals surface area contributed by atoms with Gasteiger partial charge in [0.05, 0.1) is 6.04 Å². The van der Waals surface area contributed by atoms with Crippen LogP contribution in [0.3, 0.4) is 0 Å². The Morgan fingerprint density at radius 1 is 1.12 bits per heavy atom. The van der Waals surface area contributed by atoms with Crippen molar-refractivity contribution in [2.24, 2.45) is 0 Å². The number of hydrogen-bond acceptors (Lipinski definition) is 4. The standard InChI is InChI=1S/C21H21NO4/c1-14(20-12-17-7-4-5-10-19(17)26-20)22(3)21(24)13-25-18-9-6-8-16(11-18)15(2)23/h4-12,14H,13H2,1-3H3. The van der Waals surface area contributed by atoms with Crippen LogP contribution in [-0.2, 0) is 4.79 Å². The highest BCUT2D eigenvalue weighted by molar-refractivity contribution is 5.94. The highest BCUT2D eigenvalue weighted by Crippen LogP contribution is 2.26. The fourth-order valence-corrected chi connectivity index (χ4v) is 2.67. The fraction of sp³-hybridized carbons (Fsp3) is 0.238. The number of benzene rings is 2. The van der Waals surface area contributed by atoms with Crippen molar-refractivity contribution >= 4 is 22.7 Å². The normalized spacial score (nSPS) is 12.0. The van der Waals surface area contributed by atoms with E-state index in [2.05, 4.69) is 0 Å². The molecule has 26 heavy (non-hydrogen) atoms. The van der Waals surface area contributed by atoms with E-state index in [4.69, 9.17) is 9.15 Å². The van der Waals surface area contributed by atoms with Crippen LogP contribution in [0.25, 0.3) is 11.0 Å². The average molecular weight is 351 g/mol. The molecule has 0 radical (unpaired) electrons. The third-order valence-electron chi connectivity index (χ3n) is 4.43. The molecule has 0 fully saturated rings. The molecule has 0 bridgehead atoms. The van der Waals surface area contributed by atoms with E-state index in [0.29, 0.717) is 11.3 Å². The van der Waals surface area contributed by atoms with Gasteiger partial charge in [-0.25, -0.2) is 0 Å². The molecular formula is C21H21NO4. The first-order valence-corrected chi connectivity index (χ1v) is 8.43. The zero-order valence-corrected chi connectivity index (χ0v) is 15.1. The molecule has 1 amide bonds. The molecule has 1 aromatic heterocycles. The third kappa shape index (κ3) is 3.77. The molecule has 0 spiro atoms. The molecular weight excluding hydrogens is 330 g/mol. The summed E-state index contributed by atoms with van der Waals surface area (Å²) in [5, 5.41) is 1.01. The van der Waals surface area contributed by atoms with Crippen LogP contribution >= 0.6 is 0 Å². The van der Waals surface area contributed by atoms with Gasteiger partial charge in [0.15, 0.2) is 12.4 Å². The summed E-state index contributed by atoms with van der Waals surface area (Å²) in [6, 6.07) is 16.3. The minimum absolute atomic E-state index is 0.0441. The topological polar surface area (TPSA) is 59.8 Å². The van der Waals surface area contributed by atoms with Crippen molar-refractivity contribution in [2.75, 3.05) is 13.7 Å². The number of furan rings is 1. The third-order valence-corrected chi connectivity index (χ3v) is 4.43. The van der Waals surface area contributed by atoms with E-state index in [1.165, 1.54) is 6.92 Å². The summed E-state index contributed by atoms with van der Waals surface area (Å²) in [5.41, 5.74) is 1.35. The summed E-state index contributed by atoms with van der Waals surface area (Å²) in [6.45, 7) is 3.29. The van der Waals surface area contributed by atoms with Crippen molar-refractivity contribution in [1.82, 2.24) is 4.90 Å². The van der Waals surface area contributed by atoms with Crippen LogP contribution in [0.2, 0.25) is 0 Å². The first kappa shape index (κ1) is 17.7. The Labute approximate surface area is 152 Å². The number of ether oxygens (including phenoxy) is 1. The number of para-hydroxylation sites is 1. The minimum Gasteiger partial charge on any atom is -0.484 e. The number of nitrogens with zero attached hydrogens (tertiary/aromatic N) is 1. The molecule has 0 aliphatic carbocycles. The largest absolute Gasteiger partial charge is 0.484 e. The van der Waals surface area contributed by atoms with Crippen LogP contribution in [0.4, 0.5) is 0 Å². The van der Waals surface area contributed by atoms with Crippen molar-refractivity contribution in [1.29, 1.82) is 0 Å². The summed E-state index contributed by atoms with van der Waals surface area (Å²) in [4.78, 5) is 25.5. The van der Waals surface area contributed by atoms with Gasteiger partial charge in [0.2, 0.25) is 0 Å². The van der Waals surface area contributed by atoms with E-state index in [0.717, 1.165) is 16.7 Å². The van der Waals surface area contributed by atoms with E-state index in [1.807, 2.05) is 37.3 Å². The summed E-state index contributed by atoms with van der Waals surface area (Å²) in [6.07, 6.45) is 0. The van der Waals surface area contributed by atoms with Crippen LogP contribution < -0.4 is 4.74 Å². The summed E-state index contributed by atoms with van der Waals surface area (Å²) in [5.74, 6) is 1.00. The maximum absolute atomic E-state index is 12.5. The van der Waals surface area contributed by atoms with Crippen LogP contribution in [-0.4, -0.2) is 30.2 Å². The lowest BCUT2D eigenvalue weighted by atomic mass is 10.1. The molecule has 1 atom stereocenters. The molecule has 5 nitrogen and oxygen atoms in total. The quantitative estimate of drug-likeness (QED) is 0.624. The number of Topliss-reactive ketones (excluding diaryl/α,β-unsaturated/α-hetero) is 1. The molecule has 0 N–H and O–H groups in total. The summed E-state index contributed by atoms with van der Waals surface area (Å²) in [7, 11) is 1.72. The second-order valence-electron chi connectivity index (χ2n) is 6.24. The second-order valence-corrected chi connectivity index (χ2v) is 6.24. The Bertz CT molecular complexity index is 911. The number of rotatable bonds is 6. The number of amides is 1. The molecule has 0 saturated heterocycles. The predicted molar refractivity (Wildman–Crippen MR) is 99.3 cm³/mol. The maximum atomic E-state index is 12.5. The molecule has 0 aliphatic heterocycles. The zero-order chi connectivity index (χ0) is 18.7. The molecule has 0 aliphatic rings. The molecule has 3 aromatic rings. The van der Waals surface area contributed by atoms with E-state index in [-0.39, 0.29) is 24.3 Å². The van der Waals surface area contributed by atoms with Gasteiger partial charge in [-0.1, -0.05) is 30.3 Å². The fourth-order valence-electron chi connectivity index (χ4n) is 2.67. The molecule has 2 aromatic carbocycles. The summed E-state index contributed by atoms with van der Waals surface area (Å²) >= 11 is 0. The highest BCUT2D eigenvalue weighted by atomic mass is 16.5. The number of carbonyl (C=O) groups excluding carboxylic acids is 2. The van der Waals surface area contributed by atoms with E-state index < -0.39 is 0 Å². The van der Waals surface area contributed by atoms with Gasteiger partial charge in [-0.3, -0.25) is 9.59 Å². The van der Waals surface area contributed by atoms with Gasteiger partial charge in [0.1, 0.15) is 17.1 Å². The van der Waals surface area contributed by atoms with Crippen LogP contribution in [0.1, 0.15) is 36.0 Å². The Balaban J connectivity index is 1.65. The van der Waals surface area contributed by atoms with Crippen molar-refractivity contribution in [3.05, 3.63) is 65.9 Å². The number of fused-ring (bicyclic) bond motifs is 1. The number of ketones is 1. The number of hydrogen-bond donors (Lipinski definition) is 0. The van der Waals surface area contributed by atoms with Gasteiger partial charge >= 0.3 is 0 Å².